The number of hydrogen-bond donors (Lipinski definition) is 4. The molecule has 0 aromatic rings. The van der Waals surface area contributed by atoms with Crippen LogP contribution in [0.5, 0.6) is 0 Å². The lowest BCUT2D eigenvalue weighted by Gasteiger charge is -2.20. The first-order valence-corrected chi connectivity index (χ1v) is 4.04. The van der Waals surface area contributed by atoms with Crippen molar-refractivity contribution < 1.29 is 24.6 Å². The maximum absolute atomic E-state index is 10.2. The normalized spacial score (nSPS) is 13.2. The number of rotatable bonds is 3. The fraction of sp³-hybridized carbons (Fsp3) is 0.500. The van der Waals surface area contributed by atoms with Gasteiger partial charge in [-0.25, -0.2) is 0 Å². The van der Waals surface area contributed by atoms with E-state index in [9.17, 15) is 4.57 Å². The Morgan fingerprint density at radius 1 is 1.50 bits per heavy atom. The molecule has 0 rings (SSSR count). The van der Waals surface area contributed by atoms with Crippen molar-refractivity contribution >= 4 is 7.60 Å². The minimum absolute atomic E-state index is 0.558. The molecule has 0 aliphatic carbocycles. The van der Waals surface area contributed by atoms with Gasteiger partial charge in [-0.2, -0.15) is 0 Å². The van der Waals surface area contributed by atoms with Crippen molar-refractivity contribution in [2.24, 2.45) is 0 Å². The predicted octanol–water partition coefficient (Wildman–Crippen LogP) is -0.621. The van der Waals surface area contributed by atoms with Crippen molar-refractivity contribution in [1.29, 1.82) is 0 Å². The molecule has 0 amide bonds. The van der Waals surface area contributed by atoms with Crippen molar-refractivity contribution in [3.05, 3.63) is 12.7 Å². The zero-order valence-electron chi connectivity index (χ0n) is 5.14. The Morgan fingerprint density at radius 2 is 1.90 bits per heavy atom. The van der Waals surface area contributed by atoms with E-state index in [-0.39, 0.29) is 0 Å². The molecule has 0 unspecified atom stereocenters. The van der Waals surface area contributed by atoms with Gasteiger partial charge in [0.1, 0.15) is 0 Å². The van der Waals surface area contributed by atoms with Crippen molar-refractivity contribution in [3.8, 4) is 0 Å². The Hall–Kier alpha value is -0.190. The SMILES string of the molecule is C=CCC(O)(O)P(=O)(O)O. The zero-order valence-corrected chi connectivity index (χ0v) is 6.03. The average molecular weight is 168 g/mol. The van der Waals surface area contributed by atoms with Crippen LogP contribution in [0.15, 0.2) is 12.7 Å². The summed E-state index contributed by atoms with van der Waals surface area (Å²) in [4.78, 5) is 16.5. The molecule has 0 fully saturated rings. The fourth-order valence-electron chi connectivity index (χ4n) is 0.313. The Kier molecular flexibility index (Phi) is 2.76. The largest absolute Gasteiger partial charge is 0.384 e. The highest BCUT2D eigenvalue weighted by atomic mass is 31.2. The topological polar surface area (TPSA) is 98.0 Å². The van der Waals surface area contributed by atoms with E-state index in [1.54, 1.807) is 0 Å². The van der Waals surface area contributed by atoms with Gasteiger partial charge in [0.15, 0.2) is 0 Å². The standard InChI is InChI=1S/C4H9O5P/c1-2-3-4(5,6)10(7,8)9/h2,5-6H,1,3H2,(H2,7,8,9). The van der Waals surface area contributed by atoms with Crippen LogP contribution in [0.3, 0.4) is 0 Å². The van der Waals surface area contributed by atoms with E-state index in [0.717, 1.165) is 6.08 Å². The van der Waals surface area contributed by atoms with Crippen molar-refractivity contribution in [2.75, 3.05) is 0 Å². The van der Waals surface area contributed by atoms with Gasteiger partial charge in [-0.1, -0.05) is 6.08 Å². The van der Waals surface area contributed by atoms with E-state index in [2.05, 4.69) is 6.58 Å². The summed E-state index contributed by atoms with van der Waals surface area (Å²) >= 11 is 0. The Balaban J connectivity index is 4.40. The first-order chi connectivity index (χ1) is 4.31. The van der Waals surface area contributed by atoms with E-state index in [1.165, 1.54) is 0 Å². The first kappa shape index (κ1) is 9.81. The predicted molar refractivity (Wildman–Crippen MR) is 34.0 cm³/mol. The second-order valence-electron chi connectivity index (χ2n) is 1.81. The number of hydrogen-bond acceptors (Lipinski definition) is 3. The van der Waals surface area contributed by atoms with E-state index >= 15 is 0 Å². The summed E-state index contributed by atoms with van der Waals surface area (Å²) in [5, 5.41) is 17.1. The molecule has 0 radical (unpaired) electrons. The molecule has 0 saturated carbocycles. The molecule has 0 aromatic carbocycles. The van der Waals surface area contributed by atoms with Crippen LogP contribution in [0.1, 0.15) is 6.42 Å². The maximum Gasteiger partial charge on any atom is 0.384 e. The van der Waals surface area contributed by atoms with Gasteiger partial charge in [0, 0.05) is 6.42 Å². The van der Waals surface area contributed by atoms with Gasteiger partial charge >= 0.3 is 7.60 Å². The van der Waals surface area contributed by atoms with Crippen LogP contribution in [-0.4, -0.2) is 25.5 Å². The molecule has 60 valence electrons. The van der Waals surface area contributed by atoms with E-state index < -0.39 is 19.5 Å². The second kappa shape index (κ2) is 2.82. The van der Waals surface area contributed by atoms with E-state index in [4.69, 9.17) is 20.0 Å². The van der Waals surface area contributed by atoms with Crippen LogP contribution < -0.4 is 0 Å². The van der Waals surface area contributed by atoms with Crippen molar-refractivity contribution in [2.45, 2.75) is 11.9 Å². The third kappa shape index (κ3) is 2.21. The molecule has 0 atom stereocenters. The quantitative estimate of drug-likeness (QED) is 0.256. The minimum Gasteiger partial charge on any atom is -0.356 e. The second-order valence-corrected chi connectivity index (χ2v) is 3.62. The summed E-state index contributed by atoms with van der Waals surface area (Å²) < 4.78 is 10.2. The summed E-state index contributed by atoms with van der Waals surface area (Å²) in [6.45, 7) is 3.10. The summed E-state index contributed by atoms with van der Waals surface area (Å²) in [6.07, 6.45) is 0.455. The Labute approximate surface area is 57.8 Å². The zero-order chi connectivity index (χ0) is 8.41. The molecule has 0 aromatic heterocycles. The molecule has 0 heterocycles. The fourth-order valence-corrected chi connectivity index (χ4v) is 0.680. The summed E-state index contributed by atoms with van der Waals surface area (Å²) in [5.74, 6) is 0. The molecule has 10 heavy (non-hydrogen) atoms. The highest BCUT2D eigenvalue weighted by Gasteiger charge is 2.41. The lowest BCUT2D eigenvalue weighted by molar-refractivity contribution is -0.0999. The molecular weight excluding hydrogens is 159 g/mol. The van der Waals surface area contributed by atoms with Gasteiger partial charge < -0.3 is 20.0 Å². The van der Waals surface area contributed by atoms with Gasteiger partial charge in [0.25, 0.3) is 5.53 Å². The van der Waals surface area contributed by atoms with Crippen LogP contribution in [-0.2, 0) is 4.57 Å². The Morgan fingerprint density at radius 3 is 2.00 bits per heavy atom. The van der Waals surface area contributed by atoms with E-state index in [1.807, 2.05) is 0 Å². The van der Waals surface area contributed by atoms with Crippen molar-refractivity contribution in [3.63, 3.8) is 0 Å². The van der Waals surface area contributed by atoms with Gasteiger partial charge in [-0.15, -0.1) is 6.58 Å². The van der Waals surface area contributed by atoms with E-state index in [0.29, 0.717) is 0 Å². The Bertz CT molecular complexity index is 168. The summed E-state index contributed by atoms with van der Waals surface area (Å²) in [5.41, 5.74) is -2.96. The highest BCUT2D eigenvalue weighted by Crippen LogP contribution is 2.48. The molecule has 5 nitrogen and oxygen atoms in total. The number of aliphatic hydroxyl groups is 2. The van der Waals surface area contributed by atoms with Gasteiger partial charge in [-0.05, 0) is 0 Å². The molecular formula is C4H9O5P. The molecule has 0 aliphatic heterocycles. The van der Waals surface area contributed by atoms with Gasteiger partial charge in [0.05, 0.1) is 0 Å². The molecule has 0 saturated heterocycles. The molecule has 0 aliphatic rings. The smallest absolute Gasteiger partial charge is 0.356 e. The summed E-state index contributed by atoms with van der Waals surface area (Å²) in [6, 6.07) is 0. The van der Waals surface area contributed by atoms with Crippen LogP contribution in [0.4, 0.5) is 0 Å². The third-order valence-corrected chi connectivity index (χ3v) is 2.00. The lowest BCUT2D eigenvalue weighted by atomic mass is 10.4. The van der Waals surface area contributed by atoms with Gasteiger partial charge in [0.2, 0.25) is 0 Å². The van der Waals surface area contributed by atoms with Crippen LogP contribution >= 0.6 is 7.60 Å². The van der Waals surface area contributed by atoms with Crippen molar-refractivity contribution in [1.82, 2.24) is 0 Å². The lowest BCUT2D eigenvalue weighted by Crippen LogP contribution is -2.26. The van der Waals surface area contributed by atoms with Gasteiger partial charge in [-0.3, -0.25) is 4.57 Å². The van der Waals surface area contributed by atoms with Crippen LogP contribution in [0, 0.1) is 0 Å². The van der Waals surface area contributed by atoms with Crippen LogP contribution in [0.2, 0.25) is 0 Å². The average Bonchev–Trinajstić information content (AvgIpc) is 1.61. The third-order valence-electron chi connectivity index (χ3n) is 0.885. The minimum atomic E-state index is -4.85. The molecule has 0 bridgehead atoms. The molecule has 0 spiro atoms. The summed E-state index contributed by atoms with van der Waals surface area (Å²) in [7, 11) is -4.85. The monoisotopic (exact) mass is 168 g/mol. The first-order valence-electron chi connectivity index (χ1n) is 2.42. The molecule has 6 heteroatoms. The maximum atomic E-state index is 10.2. The highest BCUT2D eigenvalue weighted by molar-refractivity contribution is 7.53. The van der Waals surface area contributed by atoms with Crippen LogP contribution in [0.25, 0.3) is 0 Å². The molecule has 4 N–H and O–H groups in total.